The highest BCUT2D eigenvalue weighted by molar-refractivity contribution is 5.92. The molecule has 0 aliphatic carbocycles. The standard InChI is InChI=1S/C24H28N6O/c1-18-7-8-20(22-16-28-29-17-22)13-21(18)15-27-26-14-19-5-4-11-30(12-9-19)24(31)23-6-2-3-10-25-23/h2-3,6-8,10,13,15-17,19,26H,4-5,9,11-12,14H2,1H3,(H,28,29)/b27-15-. The Balaban J connectivity index is 1.29. The zero-order valence-electron chi connectivity index (χ0n) is 17.8. The summed E-state index contributed by atoms with van der Waals surface area (Å²) in [4.78, 5) is 18.8. The SMILES string of the molecule is Cc1ccc(-c2cn[nH]c2)cc1/C=N\NCC1CCCN(C(=O)c2ccccn2)CC1. The number of hydrogen-bond donors (Lipinski definition) is 2. The van der Waals surface area contributed by atoms with Gasteiger partial charge in [-0.1, -0.05) is 18.2 Å². The third-order valence-electron chi connectivity index (χ3n) is 5.80. The Labute approximate surface area is 182 Å². The lowest BCUT2D eigenvalue weighted by molar-refractivity contribution is 0.0754. The van der Waals surface area contributed by atoms with Gasteiger partial charge < -0.3 is 10.3 Å². The van der Waals surface area contributed by atoms with E-state index in [0.29, 0.717) is 11.6 Å². The molecule has 1 amide bonds. The highest BCUT2D eigenvalue weighted by Gasteiger charge is 2.22. The third-order valence-corrected chi connectivity index (χ3v) is 5.80. The second-order valence-corrected chi connectivity index (χ2v) is 7.98. The number of likely N-dealkylation sites (tertiary alicyclic amines) is 1. The molecule has 2 aromatic heterocycles. The van der Waals surface area contributed by atoms with E-state index < -0.39 is 0 Å². The van der Waals surface area contributed by atoms with Gasteiger partial charge in [0.15, 0.2) is 0 Å². The monoisotopic (exact) mass is 416 g/mol. The van der Waals surface area contributed by atoms with Crippen molar-refractivity contribution in [3.05, 3.63) is 71.8 Å². The zero-order valence-corrected chi connectivity index (χ0v) is 17.8. The van der Waals surface area contributed by atoms with Gasteiger partial charge in [-0.15, -0.1) is 0 Å². The summed E-state index contributed by atoms with van der Waals surface area (Å²) in [6.45, 7) is 4.44. The minimum Gasteiger partial charge on any atom is -0.337 e. The van der Waals surface area contributed by atoms with Gasteiger partial charge >= 0.3 is 0 Å². The lowest BCUT2D eigenvalue weighted by Gasteiger charge is -2.20. The van der Waals surface area contributed by atoms with Crippen molar-refractivity contribution in [2.24, 2.45) is 11.0 Å². The van der Waals surface area contributed by atoms with Crippen LogP contribution in [0.1, 0.15) is 40.9 Å². The molecule has 1 aliphatic rings. The predicted octanol–water partition coefficient (Wildman–Crippen LogP) is 3.65. The first-order valence-electron chi connectivity index (χ1n) is 10.8. The fraction of sp³-hybridized carbons (Fsp3) is 0.333. The Morgan fingerprint density at radius 1 is 1.26 bits per heavy atom. The Kier molecular flexibility index (Phi) is 6.72. The maximum absolute atomic E-state index is 12.6. The van der Waals surface area contributed by atoms with Crippen LogP contribution in [0.3, 0.4) is 0 Å². The van der Waals surface area contributed by atoms with E-state index in [4.69, 9.17) is 0 Å². The number of aryl methyl sites for hydroxylation is 1. The topological polar surface area (TPSA) is 86.3 Å². The average molecular weight is 417 g/mol. The fourth-order valence-corrected chi connectivity index (χ4v) is 3.89. The van der Waals surface area contributed by atoms with Crippen molar-refractivity contribution in [3.8, 4) is 11.1 Å². The van der Waals surface area contributed by atoms with Crippen molar-refractivity contribution in [1.29, 1.82) is 0 Å². The van der Waals surface area contributed by atoms with Crippen LogP contribution in [0, 0.1) is 12.8 Å². The van der Waals surface area contributed by atoms with E-state index in [-0.39, 0.29) is 5.91 Å². The summed E-state index contributed by atoms with van der Waals surface area (Å²) in [6.07, 6.45) is 10.3. The number of aromatic amines is 1. The molecule has 7 nitrogen and oxygen atoms in total. The number of pyridine rings is 1. The fourth-order valence-electron chi connectivity index (χ4n) is 3.89. The maximum atomic E-state index is 12.6. The number of nitrogens with one attached hydrogen (secondary N) is 2. The summed E-state index contributed by atoms with van der Waals surface area (Å²) in [5.74, 6) is 0.525. The van der Waals surface area contributed by atoms with E-state index in [1.807, 2.05) is 35.6 Å². The summed E-state index contributed by atoms with van der Waals surface area (Å²) in [7, 11) is 0. The number of hydrazone groups is 1. The number of H-pyrrole nitrogens is 1. The van der Waals surface area contributed by atoms with E-state index in [9.17, 15) is 4.79 Å². The molecule has 160 valence electrons. The summed E-state index contributed by atoms with van der Waals surface area (Å²) in [5.41, 5.74) is 8.18. The number of hydrogen-bond acceptors (Lipinski definition) is 5. The van der Waals surface area contributed by atoms with Gasteiger partial charge in [0.1, 0.15) is 5.69 Å². The van der Waals surface area contributed by atoms with Crippen LogP contribution in [0.4, 0.5) is 0 Å². The molecule has 1 saturated heterocycles. The largest absolute Gasteiger partial charge is 0.337 e. The average Bonchev–Trinajstić information content (AvgIpc) is 3.24. The van der Waals surface area contributed by atoms with Gasteiger partial charge in [-0.2, -0.15) is 10.2 Å². The van der Waals surface area contributed by atoms with Crippen molar-refractivity contribution in [1.82, 2.24) is 25.5 Å². The molecule has 1 aromatic carbocycles. The van der Waals surface area contributed by atoms with Crippen molar-refractivity contribution in [2.45, 2.75) is 26.2 Å². The Morgan fingerprint density at radius 2 is 2.19 bits per heavy atom. The second-order valence-electron chi connectivity index (χ2n) is 7.98. The summed E-state index contributed by atoms with van der Waals surface area (Å²) >= 11 is 0. The first-order valence-corrected chi connectivity index (χ1v) is 10.8. The smallest absolute Gasteiger partial charge is 0.272 e. The van der Waals surface area contributed by atoms with Gasteiger partial charge in [-0.25, -0.2) is 0 Å². The predicted molar refractivity (Wildman–Crippen MR) is 122 cm³/mol. The quantitative estimate of drug-likeness (QED) is 0.474. The van der Waals surface area contributed by atoms with Crippen molar-refractivity contribution < 1.29 is 4.79 Å². The van der Waals surface area contributed by atoms with E-state index in [1.54, 1.807) is 12.3 Å². The van der Waals surface area contributed by atoms with Gasteiger partial charge in [-0.3, -0.25) is 14.9 Å². The van der Waals surface area contributed by atoms with E-state index in [1.165, 1.54) is 5.56 Å². The van der Waals surface area contributed by atoms with Crippen LogP contribution in [-0.2, 0) is 0 Å². The molecule has 1 aliphatic heterocycles. The zero-order chi connectivity index (χ0) is 21.5. The molecule has 7 heteroatoms. The summed E-state index contributed by atoms with van der Waals surface area (Å²) in [5, 5.41) is 11.3. The number of carbonyl (C=O) groups is 1. The minimum atomic E-state index is 0.0280. The van der Waals surface area contributed by atoms with Gasteiger partial charge in [0.2, 0.25) is 0 Å². The molecule has 0 saturated carbocycles. The van der Waals surface area contributed by atoms with Crippen LogP contribution in [0.15, 0.2) is 60.1 Å². The Morgan fingerprint density at radius 3 is 3.00 bits per heavy atom. The van der Waals surface area contributed by atoms with E-state index >= 15 is 0 Å². The van der Waals surface area contributed by atoms with Gasteiger partial charge in [-0.05, 0) is 67.0 Å². The minimum absolute atomic E-state index is 0.0280. The van der Waals surface area contributed by atoms with Gasteiger partial charge in [0, 0.05) is 37.6 Å². The molecule has 4 rings (SSSR count). The lowest BCUT2D eigenvalue weighted by atomic mass is 10.0. The van der Waals surface area contributed by atoms with Crippen molar-refractivity contribution in [2.75, 3.05) is 19.6 Å². The highest BCUT2D eigenvalue weighted by Crippen LogP contribution is 2.21. The molecule has 3 heterocycles. The van der Waals surface area contributed by atoms with Crippen LogP contribution < -0.4 is 5.43 Å². The van der Waals surface area contributed by atoms with Crippen molar-refractivity contribution >= 4 is 12.1 Å². The maximum Gasteiger partial charge on any atom is 0.272 e. The van der Waals surface area contributed by atoms with Crippen LogP contribution in [0.25, 0.3) is 11.1 Å². The van der Waals surface area contributed by atoms with Crippen LogP contribution >= 0.6 is 0 Å². The molecule has 1 unspecified atom stereocenters. The highest BCUT2D eigenvalue weighted by atomic mass is 16.2. The second kappa shape index (κ2) is 10.0. The third kappa shape index (κ3) is 5.36. The Hall–Kier alpha value is -3.48. The number of carbonyl (C=O) groups excluding carboxylic acids is 1. The number of nitrogens with zero attached hydrogens (tertiary/aromatic N) is 4. The molecular weight excluding hydrogens is 388 g/mol. The number of rotatable bonds is 6. The first kappa shape index (κ1) is 20.8. The first-order chi connectivity index (χ1) is 15.2. The molecular formula is C24H28N6O. The Bertz CT molecular complexity index is 1020. The molecule has 1 atom stereocenters. The van der Waals surface area contributed by atoms with Gasteiger partial charge in [0.05, 0.1) is 12.4 Å². The molecule has 0 bridgehead atoms. The number of amides is 1. The van der Waals surface area contributed by atoms with E-state index in [0.717, 1.165) is 55.6 Å². The number of benzene rings is 1. The van der Waals surface area contributed by atoms with Gasteiger partial charge in [0.25, 0.3) is 5.91 Å². The van der Waals surface area contributed by atoms with Crippen LogP contribution in [0.5, 0.6) is 0 Å². The van der Waals surface area contributed by atoms with Crippen LogP contribution in [0.2, 0.25) is 0 Å². The lowest BCUT2D eigenvalue weighted by Crippen LogP contribution is -2.32. The summed E-state index contributed by atoms with van der Waals surface area (Å²) < 4.78 is 0. The molecule has 31 heavy (non-hydrogen) atoms. The molecule has 1 fully saturated rings. The van der Waals surface area contributed by atoms with E-state index in [2.05, 4.69) is 50.8 Å². The number of aromatic nitrogens is 3. The van der Waals surface area contributed by atoms with Crippen molar-refractivity contribution in [3.63, 3.8) is 0 Å². The summed E-state index contributed by atoms with van der Waals surface area (Å²) in [6, 6.07) is 11.8. The van der Waals surface area contributed by atoms with Crippen LogP contribution in [-0.4, -0.2) is 51.8 Å². The molecule has 2 N–H and O–H groups in total. The molecule has 0 spiro atoms. The molecule has 3 aromatic rings. The molecule has 0 radical (unpaired) electrons. The normalized spacial score (nSPS) is 16.9.